The summed E-state index contributed by atoms with van der Waals surface area (Å²) in [6, 6.07) is 16.0. The number of benzene rings is 1. The molecule has 8 nitrogen and oxygen atoms in total. The highest BCUT2D eigenvalue weighted by atomic mass is 16.2. The number of hydrogen-bond donors (Lipinski definition) is 2. The summed E-state index contributed by atoms with van der Waals surface area (Å²) in [5.41, 5.74) is 1.56. The normalized spacial score (nSPS) is 16.0. The van der Waals surface area contributed by atoms with E-state index < -0.39 is 0 Å². The molecule has 0 bridgehead atoms. The van der Waals surface area contributed by atoms with Crippen LogP contribution >= 0.6 is 0 Å². The minimum Gasteiger partial charge on any atom is -0.354 e. The molecule has 1 aliphatic rings. The molecule has 2 N–H and O–H groups in total. The standard InChI is InChI=1S/C22H22N6O2/c29-21(16-6-5-13-28(15-16)20-10-4-12-24-27-20)25-17-7-3-8-18(14-17)26-22(30)19-9-1-2-11-23-19/h1-4,7-12,14,16H,5-6,13,15H2,(H,25,29)(H,26,30). The number of piperidine rings is 1. The smallest absolute Gasteiger partial charge is 0.274 e. The summed E-state index contributed by atoms with van der Waals surface area (Å²) in [6.07, 6.45) is 4.94. The maximum absolute atomic E-state index is 12.8. The molecule has 0 aliphatic carbocycles. The number of carbonyl (C=O) groups is 2. The predicted octanol–water partition coefficient (Wildman–Crippen LogP) is 2.98. The molecule has 2 aromatic heterocycles. The SMILES string of the molecule is O=C(Nc1cccc(NC(=O)C2CCCN(c3cccnn3)C2)c1)c1ccccn1. The number of nitrogens with one attached hydrogen (secondary N) is 2. The predicted molar refractivity (Wildman–Crippen MR) is 114 cm³/mol. The van der Waals surface area contributed by atoms with Gasteiger partial charge in [0, 0.05) is 36.9 Å². The first-order valence-electron chi connectivity index (χ1n) is 9.85. The Kier molecular flexibility index (Phi) is 5.93. The topological polar surface area (TPSA) is 100 Å². The molecule has 0 radical (unpaired) electrons. The lowest BCUT2D eigenvalue weighted by Crippen LogP contribution is -2.41. The molecule has 30 heavy (non-hydrogen) atoms. The van der Waals surface area contributed by atoms with Crippen LogP contribution in [0.25, 0.3) is 0 Å². The first-order chi connectivity index (χ1) is 14.7. The second kappa shape index (κ2) is 9.13. The van der Waals surface area contributed by atoms with Gasteiger partial charge in [-0.2, -0.15) is 5.10 Å². The van der Waals surface area contributed by atoms with E-state index in [4.69, 9.17) is 0 Å². The summed E-state index contributed by atoms with van der Waals surface area (Å²) in [5, 5.41) is 13.8. The number of amides is 2. The van der Waals surface area contributed by atoms with Gasteiger partial charge < -0.3 is 15.5 Å². The molecule has 8 heteroatoms. The maximum Gasteiger partial charge on any atom is 0.274 e. The molecule has 1 aliphatic heterocycles. The fourth-order valence-corrected chi connectivity index (χ4v) is 3.47. The number of rotatable bonds is 5. The van der Waals surface area contributed by atoms with Crippen molar-refractivity contribution in [3.05, 3.63) is 72.7 Å². The number of nitrogens with zero attached hydrogens (tertiary/aromatic N) is 4. The summed E-state index contributed by atoms with van der Waals surface area (Å²) in [7, 11) is 0. The van der Waals surface area contributed by atoms with E-state index in [-0.39, 0.29) is 17.7 Å². The van der Waals surface area contributed by atoms with Crippen molar-refractivity contribution in [1.82, 2.24) is 15.2 Å². The van der Waals surface area contributed by atoms with Gasteiger partial charge in [-0.15, -0.1) is 5.10 Å². The van der Waals surface area contributed by atoms with E-state index in [1.54, 1.807) is 54.9 Å². The molecule has 4 rings (SSSR count). The summed E-state index contributed by atoms with van der Waals surface area (Å²) >= 11 is 0. The number of aromatic nitrogens is 3. The number of anilines is 3. The van der Waals surface area contributed by atoms with Crippen molar-refractivity contribution >= 4 is 29.0 Å². The van der Waals surface area contributed by atoms with Crippen LogP contribution in [0.2, 0.25) is 0 Å². The Labute approximate surface area is 174 Å². The zero-order valence-electron chi connectivity index (χ0n) is 16.4. The molecular weight excluding hydrogens is 380 g/mol. The van der Waals surface area contributed by atoms with E-state index >= 15 is 0 Å². The molecule has 1 atom stereocenters. The van der Waals surface area contributed by atoms with Gasteiger partial charge in [0.1, 0.15) is 5.69 Å². The Morgan fingerprint density at radius 2 is 1.83 bits per heavy atom. The van der Waals surface area contributed by atoms with Crippen LogP contribution in [0.1, 0.15) is 23.3 Å². The highest BCUT2D eigenvalue weighted by Crippen LogP contribution is 2.23. The summed E-state index contributed by atoms with van der Waals surface area (Å²) in [4.78, 5) is 31.2. The van der Waals surface area contributed by atoms with Gasteiger partial charge in [0.05, 0.1) is 5.92 Å². The van der Waals surface area contributed by atoms with Crippen LogP contribution in [0.15, 0.2) is 67.0 Å². The van der Waals surface area contributed by atoms with E-state index in [9.17, 15) is 9.59 Å². The van der Waals surface area contributed by atoms with Gasteiger partial charge in [-0.05, 0) is 55.3 Å². The Bertz CT molecular complexity index is 1010. The molecule has 1 saturated heterocycles. The zero-order chi connectivity index (χ0) is 20.8. The minimum absolute atomic E-state index is 0.0446. The summed E-state index contributed by atoms with van der Waals surface area (Å²) < 4.78 is 0. The molecule has 2 amide bonds. The second-order valence-electron chi connectivity index (χ2n) is 7.11. The maximum atomic E-state index is 12.8. The van der Waals surface area contributed by atoms with Crippen molar-refractivity contribution in [2.24, 2.45) is 5.92 Å². The van der Waals surface area contributed by atoms with Gasteiger partial charge in [-0.1, -0.05) is 12.1 Å². The van der Waals surface area contributed by atoms with Gasteiger partial charge in [-0.3, -0.25) is 14.6 Å². The van der Waals surface area contributed by atoms with Crippen molar-refractivity contribution in [2.45, 2.75) is 12.8 Å². The first kappa shape index (κ1) is 19.5. The van der Waals surface area contributed by atoms with E-state index in [1.807, 2.05) is 12.1 Å². The van der Waals surface area contributed by atoms with E-state index in [0.29, 0.717) is 23.6 Å². The Hall–Kier alpha value is -3.81. The van der Waals surface area contributed by atoms with Crippen LogP contribution in [-0.4, -0.2) is 40.1 Å². The van der Waals surface area contributed by atoms with Gasteiger partial charge in [0.25, 0.3) is 5.91 Å². The molecule has 1 aromatic carbocycles. The molecule has 0 spiro atoms. The Morgan fingerprint density at radius 1 is 0.967 bits per heavy atom. The van der Waals surface area contributed by atoms with Crippen molar-refractivity contribution in [3.63, 3.8) is 0 Å². The Balaban J connectivity index is 1.38. The molecular formula is C22H22N6O2. The monoisotopic (exact) mass is 402 g/mol. The quantitative estimate of drug-likeness (QED) is 0.681. The van der Waals surface area contributed by atoms with Crippen LogP contribution in [0.5, 0.6) is 0 Å². The molecule has 152 valence electrons. The second-order valence-corrected chi connectivity index (χ2v) is 7.11. The highest BCUT2D eigenvalue weighted by molar-refractivity contribution is 6.03. The molecule has 0 saturated carbocycles. The first-order valence-corrected chi connectivity index (χ1v) is 9.85. The van der Waals surface area contributed by atoms with Gasteiger partial charge in [0.2, 0.25) is 5.91 Å². The van der Waals surface area contributed by atoms with Gasteiger partial charge >= 0.3 is 0 Å². The average Bonchev–Trinajstić information content (AvgIpc) is 2.80. The zero-order valence-corrected chi connectivity index (χ0v) is 16.4. The summed E-state index contributed by atoms with van der Waals surface area (Å²) in [5.74, 6) is 0.296. The lowest BCUT2D eigenvalue weighted by atomic mass is 9.97. The molecule has 1 fully saturated rings. The summed E-state index contributed by atoms with van der Waals surface area (Å²) in [6.45, 7) is 1.46. The minimum atomic E-state index is -0.300. The van der Waals surface area contributed by atoms with Crippen molar-refractivity contribution in [1.29, 1.82) is 0 Å². The lowest BCUT2D eigenvalue weighted by molar-refractivity contribution is -0.120. The molecule has 1 unspecified atom stereocenters. The third-order valence-corrected chi connectivity index (χ3v) is 4.96. The van der Waals surface area contributed by atoms with E-state index in [0.717, 1.165) is 25.2 Å². The number of hydrogen-bond acceptors (Lipinski definition) is 6. The highest BCUT2D eigenvalue weighted by Gasteiger charge is 2.26. The lowest BCUT2D eigenvalue weighted by Gasteiger charge is -2.32. The van der Waals surface area contributed by atoms with Crippen molar-refractivity contribution in [3.8, 4) is 0 Å². The van der Waals surface area contributed by atoms with E-state index in [1.165, 1.54) is 0 Å². The van der Waals surface area contributed by atoms with Crippen LogP contribution in [0.3, 0.4) is 0 Å². The fraction of sp³-hybridized carbons (Fsp3) is 0.227. The van der Waals surface area contributed by atoms with Crippen molar-refractivity contribution < 1.29 is 9.59 Å². The Morgan fingerprint density at radius 3 is 2.60 bits per heavy atom. The number of pyridine rings is 1. The van der Waals surface area contributed by atoms with Gasteiger partial charge in [-0.25, -0.2) is 0 Å². The molecule has 3 aromatic rings. The number of carbonyl (C=O) groups excluding carboxylic acids is 2. The van der Waals surface area contributed by atoms with Crippen molar-refractivity contribution in [2.75, 3.05) is 28.6 Å². The van der Waals surface area contributed by atoms with Crippen LogP contribution < -0.4 is 15.5 Å². The largest absolute Gasteiger partial charge is 0.354 e. The average molecular weight is 402 g/mol. The van der Waals surface area contributed by atoms with Gasteiger partial charge in [0.15, 0.2) is 5.82 Å². The van der Waals surface area contributed by atoms with Crippen LogP contribution in [0.4, 0.5) is 17.2 Å². The van der Waals surface area contributed by atoms with Crippen LogP contribution in [0, 0.1) is 5.92 Å². The third kappa shape index (κ3) is 4.78. The van der Waals surface area contributed by atoms with Crippen LogP contribution in [-0.2, 0) is 4.79 Å². The molecule has 3 heterocycles. The fourth-order valence-electron chi connectivity index (χ4n) is 3.47. The van der Waals surface area contributed by atoms with E-state index in [2.05, 4.69) is 30.7 Å². The third-order valence-electron chi connectivity index (χ3n) is 4.96.